The smallest absolute Gasteiger partial charge is 0.434 e. The van der Waals surface area contributed by atoms with Gasteiger partial charge in [-0.1, -0.05) is 39.5 Å². The van der Waals surface area contributed by atoms with Gasteiger partial charge in [0.25, 0.3) is 0 Å². The molecule has 0 aliphatic heterocycles. The lowest BCUT2D eigenvalue weighted by molar-refractivity contribution is -0.0413. The molecule has 0 aromatic heterocycles. The molecule has 2 rings (SSSR count). The number of rotatable bonds is 8. The Morgan fingerprint density at radius 2 is 1.25 bits per heavy atom. The van der Waals surface area contributed by atoms with Gasteiger partial charge in [-0.3, -0.25) is 0 Å². The van der Waals surface area contributed by atoms with E-state index >= 15 is 0 Å². The van der Waals surface area contributed by atoms with E-state index < -0.39 is 6.16 Å². The number of hydrogen-bond acceptors (Lipinski definition) is 3. The van der Waals surface area contributed by atoms with Gasteiger partial charge >= 0.3 is 6.16 Å². The molecule has 0 amide bonds. The van der Waals surface area contributed by atoms with Gasteiger partial charge in [-0.15, -0.1) is 0 Å². The summed E-state index contributed by atoms with van der Waals surface area (Å²) in [6, 6.07) is 0. The molecule has 0 saturated heterocycles. The van der Waals surface area contributed by atoms with Crippen molar-refractivity contribution >= 4 is 6.16 Å². The lowest BCUT2D eigenvalue weighted by atomic mass is 9.67. The number of ether oxygens (including phenoxy) is 2. The van der Waals surface area contributed by atoms with Crippen molar-refractivity contribution < 1.29 is 14.3 Å². The molecule has 3 nitrogen and oxygen atoms in total. The van der Waals surface area contributed by atoms with Gasteiger partial charge in [0.2, 0.25) is 0 Å². The highest BCUT2D eigenvalue weighted by Gasteiger charge is 2.39. The molecule has 0 N–H and O–H groups in total. The largest absolute Gasteiger partial charge is 0.508 e. The summed E-state index contributed by atoms with van der Waals surface area (Å²) in [4.78, 5) is 11.8. The van der Waals surface area contributed by atoms with Gasteiger partial charge in [-0.2, -0.15) is 0 Å². The minimum Gasteiger partial charge on any atom is -0.434 e. The van der Waals surface area contributed by atoms with E-state index in [-0.39, 0.29) is 10.8 Å². The summed E-state index contributed by atoms with van der Waals surface area (Å²) in [5.41, 5.74) is 0.538. The van der Waals surface area contributed by atoms with Crippen molar-refractivity contribution in [3.8, 4) is 0 Å². The van der Waals surface area contributed by atoms with E-state index in [0.717, 1.165) is 12.8 Å². The van der Waals surface area contributed by atoms with Crippen LogP contribution in [0.5, 0.6) is 0 Å². The Bertz CT molecular complexity index is 286. The average molecular weight is 282 g/mol. The zero-order valence-electron chi connectivity index (χ0n) is 13.2. The van der Waals surface area contributed by atoms with Crippen LogP contribution in [0.2, 0.25) is 0 Å². The van der Waals surface area contributed by atoms with E-state index in [1.165, 1.54) is 51.4 Å². The van der Waals surface area contributed by atoms with Gasteiger partial charge in [0.05, 0.1) is 0 Å². The Morgan fingerprint density at radius 1 is 0.850 bits per heavy atom. The Kier molecular flexibility index (Phi) is 5.34. The van der Waals surface area contributed by atoms with Crippen LogP contribution < -0.4 is 0 Å². The summed E-state index contributed by atoms with van der Waals surface area (Å²) < 4.78 is 10.8. The van der Waals surface area contributed by atoms with Crippen LogP contribution in [0.3, 0.4) is 0 Å². The maximum Gasteiger partial charge on any atom is 0.508 e. The highest BCUT2D eigenvalue weighted by atomic mass is 16.7. The van der Waals surface area contributed by atoms with E-state index in [1.807, 2.05) is 0 Å². The van der Waals surface area contributed by atoms with Crippen molar-refractivity contribution in [3.05, 3.63) is 0 Å². The maximum atomic E-state index is 11.8. The normalized spacial score (nSPS) is 22.5. The van der Waals surface area contributed by atoms with Gasteiger partial charge in [0.15, 0.2) is 0 Å². The molecule has 0 atom stereocenters. The van der Waals surface area contributed by atoms with Gasteiger partial charge in [0, 0.05) is 10.8 Å². The molecule has 0 unspecified atom stereocenters. The lowest BCUT2D eigenvalue weighted by Gasteiger charge is -2.42. The predicted molar refractivity (Wildman–Crippen MR) is 79.7 cm³/mol. The minimum atomic E-state index is -0.449. The summed E-state index contributed by atoms with van der Waals surface area (Å²) in [5.74, 6) is 0. The second-order valence-corrected chi connectivity index (χ2v) is 7.03. The zero-order valence-corrected chi connectivity index (χ0v) is 13.2. The lowest BCUT2D eigenvalue weighted by Crippen LogP contribution is -2.37. The number of hydrogen-bond donors (Lipinski definition) is 0. The Morgan fingerprint density at radius 3 is 1.50 bits per heavy atom. The predicted octanol–water partition coefficient (Wildman–Crippen LogP) is 5.08. The Hall–Kier alpha value is -0.730. The first-order valence-corrected chi connectivity index (χ1v) is 8.43. The fraction of sp³-hybridized carbons (Fsp3) is 0.941. The molecule has 0 radical (unpaired) electrons. The molecule has 116 valence electrons. The molecule has 20 heavy (non-hydrogen) atoms. The molecule has 0 aromatic carbocycles. The van der Waals surface area contributed by atoms with Crippen LogP contribution in [0, 0.1) is 10.8 Å². The SMILES string of the molecule is CCCC1(COC(=O)OCC2(CCC)CCC2)CCC1. The maximum absolute atomic E-state index is 11.8. The van der Waals surface area contributed by atoms with E-state index in [9.17, 15) is 4.79 Å². The van der Waals surface area contributed by atoms with E-state index in [2.05, 4.69) is 13.8 Å². The van der Waals surface area contributed by atoms with Crippen LogP contribution >= 0.6 is 0 Å². The molecule has 3 heteroatoms. The highest BCUT2D eigenvalue weighted by molar-refractivity contribution is 5.59. The zero-order chi connectivity index (χ0) is 14.5. The van der Waals surface area contributed by atoms with E-state index in [1.54, 1.807) is 0 Å². The first kappa shape index (κ1) is 15.7. The molecule has 0 spiro atoms. The van der Waals surface area contributed by atoms with Crippen molar-refractivity contribution in [2.24, 2.45) is 10.8 Å². The Labute approximate surface area is 123 Å². The van der Waals surface area contributed by atoms with Crippen molar-refractivity contribution in [2.75, 3.05) is 13.2 Å². The topological polar surface area (TPSA) is 35.5 Å². The molecular weight excluding hydrogens is 252 g/mol. The van der Waals surface area contributed by atoms with E-state index in [4.69, 9.17) is 9.47 Å². The molecule has 2 aliphatic rings. The molecule has 2 aliphatic carbocycles. The number of carbonyl (C=O) groups excluding carboxylic acids is 1. The van der Waals surface area contributed by atoms with E-state index in [0.29, 0.717) is 13.2 Å². The first-order chi connectivity index (χ1) is 9.64. The summed E-state index contributed by atoms with van der Waals surface area (Å²) in [5, 5.41) is 0. The van der Waals surface area contributed by atoms with Crippen LogP contribution in [0.25, 0.3) is 0 Å². The van der Waals surface area contributed by atoms with Crippen molar-refractivity contribution in [3.63, 3.8) is 0 Å². The average Bonchev–Trinajstić information content (AvgIpc) is 2.35. The van der Waals surface area contributed by atoms with Gasteiger partial charge in [0.1, 0.15) is 13.2 Å². The van der Waals surface area contributed by atoms with Gasteiger partial charge in [-0.25, -0.2) is 4.79 Å². The van der Waals surface area contributed by atoms with Crippen molar-refractivity contribution in [1.82, 2.24) is 0 Å². The van der Waals surface area contributed by atoms with Crippen molar-refractivity contribution in [1.29, 1.82) is 0 Å². The van der Waals surface area contributed by atoms with Crippen molar-refractivity contribution in [2.45, 2.75) is 78.1 Å². The second-order valence-electron chi connectivity index (χ2n) is 7.03. The molecule has 2 saturated carbocycles. The first-order valence-electron chi connectivity index (χ1n) is 8.43. The quantitative estimate of drug-likeness (QED) is 0.582. The fourth-order valence-corrected chi connectivity index (χ4v) is 3.81. The molecule has 2 fully saturated rings. The summed E-state index contributed by atoms with van der Waals surface area (Å²) >= 11 is 0. The highest BCUT2D eigenvalue weighted by Crippen LogP contribution is 2.46. The summed E-state index contributed by atoms with van der Waals surface area (Å²) in [7, 11) is 0. The monoisotopic (exact) mass is 282 g/mol. The second kappa shape index (κ2) is 6.82. The molecule has 0 aromatic rings. The Balaban J connectivity index is 1.67. The third-order valence-electron chi connectivity index (χ3n) is 5.38. The standard InChI is InChI=1S/C17H30O3/c1-3-7-16(9-5-10-16)13-19-15(18)20-14-17(8-4-2)11-6-12-17/h3-14H2,1-2H3. The van der Waals surface area contributed by atoms with Crippen LogP contribution in [0.15, 0.2) is 0 Å². The fourth-order valence-electron chi connectivity index (χ4n) is 3.81. The minimum absolute atomic E-state index is 0.269. The van der Waals surface area contributed by atoms with Crippen LogP contribution in [-0.2, 0) is 9.47 Å². The molecular formula is C17H30O3. The van der Waals surface area contributed by atoms with Gasteiger partial charge in [-0.05, 0) is 38.5 Å². The third kappa shape index (κ3) is 3.67. The summed E-state index contributed by atoms with van der Waals surface area (Å²) in [6.45, 7) is 5.51. The van der Waals surface area contributed by atoms with Crippen LogP contribution in [0.1, 0.15) is 78.1 Å². The summed E-state index contributed by atoms with van der Waals surface area (Å²) in [6.07, 6.45) is 11.6. The third-order valence-corrected chi connectivity index (χ3v) is 5.38. The molecule has 0 heterocycles. The molecule has 0 bridgehead atoms. The van der Waals surface area contributed by atoms with Crippen LogP contribution in [0.4, 0.5) is 4.79 Å². The van der Waals surface area contributed by atoms with Gasteiger partial charge < -0.3 is 9.47 Å². The number of carbonyl (C=O) groups is 1. The van der Waals surface area contributed by atoms with Crippen LogP contribution in [-0.4, -0.2) is 19.4 Å².